The van der Waals surface area contributed by atoms with Gasteiger partial charge in [-0.1, -0.05) is 48.5 Å². The van der Waals surface area contributed by atoms with Crippen molar-refractivity contribution in [1.29, 1.82) is 0 Å². The quantitative estimate of drug-likeness (QED) is 0.264. The normalized spacial score (nSPS) is 10.6. The topological polar surface area (TPSA) is 123 Å². The molecule has 0 fully saturated rings. The third kappa shape index (κ3) is 7.27. The highest BCUT2D eigenvalue weighted by Gasteiger charge is 2.16. The fourth-order valence-electron chi connectivity index (χ4n) is 3.02. The SMILES string of the molecule is Cc1ccc(NC(=O)CCC(=O)N/N=C\c2ccccc2OCc2ccccc2)c([N+](=O)[O-])c1. The molecule has 34 heavy (non-hydrogen) atoms. The Morgan fingerprint density at radius 1 is 1.00 bits per heavy atom. The van der Waals surface area contributed by atoms with Gasteiger partial charge in [0.2, 0.25) is 11.8 Å². The van der Waals surface area contributed by atoms with Gasteiger partial charge < -0.3 is 10.1 Å². The molecule has 0 unspecified atom stereocenters. The molecule has 9 heteroatoms. The van der Waals surface area contributed by atoms with E-state index in [9.17, 15) is 19.7 Å². The van der Waals surface area contributed by atoms with E-state index >= 15 is 0 Å². The summed E-state index contributed by atoms with van der Waals surface area (Å²) in [5.74, 6) is -0.360. The van der Waals surface area contributed by atoms with Gasteiger partial charge in [0.1, 0.15) is 18.0 Å². The average Bonchev–Trinajstić information content (AvgIpc) is 2.84. The number of aryl methyl sites for hydroxylation is 1. The van der Waals surface area contributed by atoms with Crippen molar-refractivity contribution >= 4 is 29.4 Å². The third-order valence-electron chi connectivity index (χ3n) is 4.75. The molecule has 0 aliphatic heterocycles. The first-order valence-corrected chi connectivity index (χ1v) is 10.5. The van der Waals surface area contributed by atoms with Gasteiger partial charge >= 0.3 is 0 Å². The zero-order valence-electron chi connectivity index (χ0n) is 18.6. The van der Waals surface area contributed by atoms with Gasteiger partial charge in [0.05, 0.1) is 11.1 Å². The number of para-hydroxylation sites is 1. The minimum atomic E-state index is -0.564. The molecule has 0 radical (unpaired) electrons. The number of anilines is 1. The number of nitrogens with zero attached hydrogens (tertiary/aromatic N) is 2. The number of amides is 2. The Bertz CT molecular complexity index is 1190. The van der Waals surface area contributed by atoms with E-state index in [1.807, 2.05) is 42.5 Å². The summed E-state index contributed by atoms with van der Waals surface area (Å²) in [6.07, 6.45) is 1.19. The van der Waals surface area contributed by atoms with Gasteiger partial charge in [-0.3, -0.25) is 19.7 Å². The van der Waals surface area contributed by atoms with Crippen LogP contribution in [0.25, 0.3) is 0 Å². The van der Waals surface area contributed by atoms with Gasteiger partial charge in [-0.25, -0.2) is 5.43 Å². The van der Waals surface area contributed by atoms with Crippen molar-refractivity contribution < 1.29 is 19.2 Å². The average molecular weight is 460 g/mol. The second-order valence-corrected chi connectivity index (χ2v) is 7.43. The molecule has 174 valence electrons. The molecule has 3 aromatic rings. The molecular formula is C25H24N4O5. The maximum absolute atomic E-state index is 12.1. The van der Waals surface area contributed by atoms with Crippen LogP contribution in [0, 0.1) is 17.0 Å². The second kappa shape index (κ2) is 11.9. The van der Waals surface area contributed by atoms with Crippen LogP contribution in [-0.2, 0) is 16.2 Å². The molecular weight excluding hydrogens is 436 g/mol. The standard InChI is InChI=1S/C25H24N4O5/c1-18-11-12-21(22(15-18)29(32)33)27-24(30)13-14-25(31)28-26-16-20-9-5-6-10-23(20)34-17-19-7-3-2-4-8-19/h2-12,15-16H,13-14,17H2,1H3,(H,27,30)(H,28,31)/b26-16-. The van der Waals surface area contributed by atoms with Crippen LogP contribution in [0.4, 0.5) is 11.4 Å². The Labute approximate surface area is 196 Å². The number of nitrogens with one attached hydrogen (secondary N) is 2. The van der Waals surface area contributed by atoms with Crippen molar-refractivity contribution in [1.82, 2.24) is 5.43 Å². The number of nitro groups is 1. The molecule has 9 nitrogen and oxygen atoms in total. The molecule has 0 aromatic heterocycles. The Morgan fingerprint density at radius 3 is 2.47 bits per heavy atom. The van der Waals surface area contributed by atoms with Gasteiger partial charge in [-0.15, -0.1) is 0 Å². The van der Waals surface area contributed by atoms with Crippen LogP contribution in [0.15, 0.2) is 77.9 Å². The molecule has 0 saturated heterocycles. The number of hydrogen-bond donors (Lipinski definition) is 2. The number of rotatable bonds is 10. The van der Waals surface area contributed by atoms with E-state index in [0.29, 0.717) is 23.5 Å². The summed E-state index contributed by atoms with van der Waals surface area (Å²) in [5.41, 5.74) is 4.68. The van der Waals surface area contributed by atoms with E-state index in [1.165, 1.54) is 18.3 Å². The Kier molecular flexibility index (Phi) is 8.45. The smallest absolute Gasteiger partial charge is 0.293 e. The highest BCUT2D eigenvalue weighted by molar-refractivity contribution is 5.95. The lowest BCUT2D eigenvalue weighted by Crippen LogP contribution is -2.21. The molecule has 0 heterocycles. The molecule has 0 saturated carbocycles. The van der Waals surface area contributed by atoms with Crippen molar-refractivity contribution in [2.45, 2.75) is 26.4 Å². The highest BCUT2D eigenvalue weighted by Crippen LogP contribution is 2.25. The van der Waals surface area contributed by atoms with Crippen molar-refractivity contribution in [2.24, 2.45) is 5.10 Å². The first kappa shape index (κ1) is 24.1. The Balaban J connectivity index is 1.49. The predicted octanol–water partition coefficient (Wildman–Crippen LogP) is 4.35. The number of hydrazone groups is 1. The van der Waals surface area contributed by atoms with Gasteiger partial charge in [0.15, 0.2) is 0 Å². The molecule has 2 amide bonds. The molecule has 0 atom stereocenters. The van der Waals surface area contributed by atoms with E-state index in [2.05, 4.69) is 15.8 Å². The number of carbonyl (C=O) groups excluding carboxylic acids is 2. The van der Waals surface area contributed by atoms with Crippen molar-refractivity contribution in [2.75, 3.05) is 5.32 Å². The predicted molar refractivity (Wildman–Crippen MR) is 129 cm³/mol. The van der Waals surface area contributed by atoms with E-state index in [4.69, 9.17) is 4.74 Å². The highest BCUT2D eigenvalue weighted by atomic mass is 16.6. The summed E-state index contributed by atoms with van der Waals surface area (Å²) >= 11 is 0. The van der Waals surface area contributed by atoms with Gasteiger partial charge in [0, 0.05) is 24.5 Å². The molecule has 0 bridgehead atoms. The fourth-order valence-corrected chi connectivity index (χ4v) is 3.02. The molecule has 2 N–H and O–H groups in total. The maximum Gasteiger partial charge on any atom is 0.293 e. The Hall–Kier alpha value is -4.53. The van der Waals surface area contributed by atoms with Crippen LogP contribution in [0.1, 0.15) is 29.5 Å². The zero-order chi connectivity index (χ0) is 24.3. The van der Waals surface area contributed by atoms with E-state index < -0.39 is 16.7 Å². The van der Waals surface area contributed by atoms with Crippen LogP contribution >= 0.6 is 0 Å². The lowest BCUT2D eigenvalue weighted by Gasteiger charge is -2.09. The van der Waals surface area contributed by atoms with Gasteiger partial charge in [-0.2, -0.15) is 5.10 Å². The van der Waals surface area contributed by atoms with Crippen LogP contribution < -0.4 is 15.5 Å². The Morgan fingerprint density at radius 2 is 1.71 bits per heavy atom. The number of carbonyl (C=O) groups is 2. The van der Waals surface area contributed by atoms with Crippen molar-refractivity contribution in [3.63, 3.8) is 0 Å². The monoisotopic (exact) mass is 460 g/mol. The summed E-state index contributed by atoms with van der Waals surface area (Å²) in [5, 5.41) is 17.6. The zero-order valence-corrected chi connectivity index (χ0v) is 18.6. The molecule has 3 aromatic carbocycles. The van der Waals surface area contributed by atoms with Crippen LogP contribution in [0.2, 0.25) is 0 Å². The fraction of sp³-hybridized carbons (Fsp3) is 0.160. The van der Waals surface area contributed by atoms with Crippen LogP contribution in [0.3, 0.4) is 0 Å². The second-order valence-electron chi connectivity index (χ2n) is 7.43. The minimum absolute atomic E-state index is 0.0890. The summed E-state index contributed by atoms with van der Waals surface area (Å²) in [6.45, 7) is 2.11. The summed E-state index contributed by atoms with van der Waals surface area (Å²) in [4.78, 5) is 34.8. The van der Waals surface area contributed by atoms with Crippen molar-refractivity contribution in [3.05, 3.63) is 99.6 Å². The van der Waals surface area contributed by atoms with E-state index in [1.54, 1.807) is 25.1 Å². The molecule has 3 rings (SSSR count). The molecule has 0 spiro atoms. The van der Waals surface area contributed by atoms with Crippen LogP contribution in [-0.4, -0.2) is 23.0 Å². The van der Waals surface area contributed by atoms with Gasteiger partial charge in [0.25, 0.3) is 5.69 Å². The lowest BCUT2D eigenvalue weighted by atomic mass is 10.2. The first-order valence-electron chi connectivity index (χ1n) is 10.5. The van der Waals surface area contributed by atoms with E-state index in [-0.39, 0.29) is 24.2 Å². The largest absolute Gasteiger partial charge is 0.488 e. The van der Waals surface area contributed by atoms with Crippen molar-refractivity contribution in [3.8, 4) is 5.75 Å². The molecule has 0 aliphatic carbocycles. The minimum Gasteiger partial charge on any atom is -0.488 e. The van der Waals surface area contributed by atoms with Gasteiger partial charge in [-0.05, 0) is 36.2 Å². The number of ether oxygens (including phenoxy) is 1. The van der Waals surface area contributed by atoms with E-state index in [0.717, 1.165) is 5.56 Å². The first-order chi connectivity index (χ1) is 16.4. The number of nitro benzene ring substituents is 1. The number of hydrogen-bond acceptors (Lipinski definition) is 6. The lowest BCUT2D eigenvalue weighted by molar-refractivity contribution is -0.384. The van der Waals surface area contributed by atoms with Crippen LogP contribution in [0.5, 0.6) is 5.75 Å². The molecule has 0 aliphatic rings. The summed E-state index contributed by atoms with van der Waals surface area (Å²) < 4.78 is 5.85. The maximum atomic E-state index is 12.1. The third-order valence-corrected chi connectivity index (χ3v) is 4.75. The summed E-state index contributed by atoms with van der Waals surface area (Å²) in [6, 6.07) is 21.5. The number of benzene rings is 3. The summed E-state index contributed by atoms with van der Waals surface area (Å²) in [7, 11) is 0.